The molecule has 0 spiro atoms. The Morgan fingerprint density at radius 3 is 2.73 bits per heavy atom. The molecule has 0 amide bonds. The van der Waals surface area contributed by atoms with Gasteiger partial charge in [-0.2, -0.15) is 10.2 Å². The minimum atomic E-state index is -0.136. The van der Waals surface area contributed by atoms with Crippen molar-refractivity contribution in [1.82, 2.24) is 20.1 Å². The van der Waals surface area contributed by atoms with Crippen molar-refractivity contribution in [1.29, 1.82) is 5.26 Å². The molecule has 164 valence electrons. The van der Waals surface area contributed by atoms with Crippen LogP contribution in [-0.4, -0.2) is 33.2 Å². The maximum atomic E-state index is 9.22. The van der Waals surface area contributed by atoms with Crippen LogP contribution in [0, 0.1) is 11.3 Å². The lowest BCUT2D eigenvalue weighted by molar-refractivity contribution is 0.419. The van der Waals surface area contributed by atoms with Gasteiger partial charge in [0.1, 0.15) is 5.82 Å². The number of hydrogen-bond acceptors (Lipinski definition) is 7. The van der Waals surface area contributed by atoms with Crippen molar-refractivity contribution in [3.8, 4) is 17.5 Å². The van der Waals surface area contributed by atoms with Gasteiger partial charge >= 0.3 is 0 Å². The van der Waals surface area contributed by atoms with E-state index in [2.05, 4.69) is 27.2 Å². The first-order chi connectivity index (χ1) is 16.3. The van der Waals surface area contributed by atoms with Crippen LogP contribution in [0.1, 0.15) is 47.7 Å². The minimum Gasteiger partial charge on any atom is -0.356 e. The van der Waals surface area contributed by atoms with Gasteiger partial charge in [0.2, 0.25) is 0 Å². The molecular weight excluding hydrogens is 412 g/mol. The zero-order valence-corrected chi connectivity index (χ0v) is 18.3. The van der Waals surface area contributed by atoms with E-state index in [1.54, 1.807) is 18.3 Å². The number of piperidine rings is 1. The zero-order chi connectivity index (χ0) is 22.5. The summed E-state index contributed by atoms with van der Waals surface area (Å²) in [6, 6.07) is 17.4. The van der Waals surface area contributed by atoms with Crippen LogP contribution < -0.4 is 4.90 Å². The van der Waals surface area contributed by atoms with Gasteiger partial charge in [-0.05, 0) is 67.1 Å². The smallest absolute Gasteiger partial charge is 0.257 e. The van der Waals surface area contributed by atoms with Gasteiger partial charge in [0.15, 0.2) is 5.82 Å². The maximum Gasteiger partial charge on any atom is 0.257 e. The van der Waals surface area contributed by atoms with Crippen molar-refractivity contribution in [2.45, 2.75) is 31.6 Å². The van der Waals surface area contributed by atoms with Gasteiger partial charge in [-0.1, -0.05) is 23.4 Å². The SMILES string of the molecule is N#Cc1cccc(-c2nc(C(Cc3cccnc3N3CCCCC3)c3cccnc3)no2)c1. The molecular formula is C26H24N6O. The topological polar surface area (TPSA) is 91.7 Å². The van der Waals surface area contributed by atoms with Crippen LogP contribution in [0.4, 0.5) is 5.82 Å². The lowest BCUT2D eigenvalue weighted by Gasteiger charge is -2.30. The van der Waals surface area contributed by atoms with Crippen molar-refractivity contribution in [2.24, 2.45) is 0 Å². The Hall–Kier alpha value is -4.05. The molecule has 1 aliphatic rings. The Kier molecular flexibility index (Phi) is 6.07. The Bertz CT molecular complexity index is 1260. The fourth-order valence-electron chi connectivity index (χ4n) is 4.36. The molecule has 1 aliphatic heterocycles. The molecule has 3 aromatic heterocycles. The van der Waals surface area contributed by atoms with Crippen LogP contribution in [0.15, 0.2) is 71.6 Å². The zero-order valence-electron chi connectivity index (χ0n) is 18.3. The van der Waals surface area contributed by atoms with Crippen LogP contribution in [0.2, 0.25) is 0 Å². The standard InChI is InChI=1S/C26H24N6O/c27-17-19-7-4-8-21(15-19)26-30-24(31-33-26)23(22-10-5-11-28-18-22)16-20-9-6-12-29-25(20)32-13-2-1-3-14-32/h4-12,15,18,23H,1-3,13-14,16H2. The van der Waals surface area contributed by atoms with Crippen molar-refractivity contribution < 1.29 is 4.52 Å². The predicted octanol–water partition coefficient (Wildman–Crippen LogP) is 4.76. The van der Waals surface area contributed by atoms with E-state index in [0.29, 0.717) is 23.7 Å². The molecule has 0 aliphatic carbocycles. The maximum absolute atomic E-state index is 9.22. The fourth-order valence-corrected chi connectivity index (χ4v) is 4.36. The Balaban J connectivity index is 1.50. The molecule has 4 heterocycles. The van der Waals surface area contributed by atoms with E-state index in [0.717, 1.165) is 35.6 Å². The number of rotatable bonds is 6. The highest BCUT2D eigenvalue weighted by atomic mass is 16.5. The Labute approximate surface area is 192 Å². The van der Waals surface area contributed by atoms with E-state index >= 15 is 0 Å². The summed E-state index contributed by atoms with van der Waals surface area (Å²) in [6.07, 6.45) is 9.82. The van der Waals surface area contributed by atoms with Crippen LogP contribution in [-0.2, 0) is 6.42 Å². The average molecular weight is 437 g/mol. The molecule has 33 heavy (non-hydrogen) atoms. The molecule has 1 fully saturated rings. The molecule has 7 heteroatoms. The largest absolute Gasteiger partial charge is 0.356 e. The molecule has 0 saturated carbocycles. The van der Waals surface area contributed by atoms with Crippen molar-refractivity contribution in [3.63, 3.8) is 0 Å². The highest BCUT2D eigenvalue weighted by Gasteiger charge is 2.25. The second-order valence-electron chi connectivity index (χ2n) is 8.23. The van der Waals surface area contributed by atoms with Gasteiger partial charge in [0.25, 0.3) is 5.89 Å². The average Bonchev–Trinajstić information content (AvgIpc) is 3.39. The van der Waals surface area contributed by atoms with Gasteiger partial charge in [-0.15, -0.1) is 0 Å². The summed E-state index contributed by atoms with van der Waals surface area (Å²) in [7, 11) is 0. The molecule has 1 aromatic carbocycles. The van der Waals surface area contributed by atoms with E-state index in [1.165, 1.54) is 19.3 Å². The van der Waals surface area contributed by atoms with Gasteiger partial charge in [-0.3, -0.25) is 4.98 Å². The van der Waals surface area contributed by atoms with Gasteiger partial charge in [-0.25, -0.2) is 4.98 Å². The molecule has 4 aromatic rings. The van der Waals surface area contributed by atoms with Crippen LogP contribution >= 0.6 is 0 Å². The quantitative estimate of drug-likeness (QED) is 0.430. The van der Waals surface area contributed by atoms with Crippen LogP contribution in [0.3, 0.4) is 0 Å². The normalized spacial score (nSPS) is 14.6. The van der Waals surface area contributed by atoms with E-state index in [1.807, 2.05) is 42.7 Å². The third kappa shape index (κ3) is 4.60. The minimum absolute atomic E-state index is 0.136. The van der Waals surface area contributed by atoms with Gasteiger partial charge < -0.3 is 9.42 Å². The van der Waals surface area contributed by atoms with E-state index in [4.69, 9.17) is 14.5 Å². The van der Waals surface area contributed by atoms with E-state index in [9.17, 15) is 5.26 Å². The molecule has 0 bridgehead atoms. The summed E-state index contributed by atoms with van der Waals surface area (Å²) in [5.41, 5.74) is 3.46. The molecule has 1 saturated heterocycles. The summed E-state index contributed by atoms with van der Waals surface area (Å²) in [5, 5.41) is 13.5. The predicted molar refractivity (Wildman–Crippen MR) is 125 cm³/mol. The highest BCUT2D eigenvalue weighted by Crippen LogP contribution is 2.32. The molecule has 1 unspecified atom stereocenters. The van der Waals surface area contributed by atoms with Crippen LogP contribution in [0.5, 0.6) is 0 Å². The second-order valence-corrected chi connectivity index (χ2v) is 8.23. The summed E-state index contributed by atoms with van der Waals surface area (Å²) in [4.78, 5) is 16.2. The number of hydrogen-bond donors (Lipinski definition) is 0. The molecule has 5 rings (SSSR count). The first kappa shape index (κ1) is 20.8. The number of nitrogens with zero attached hydrogens (tertiary/aromatic N) is 6. The molecule has 0 N–H and O–H groups in total. The summed E-state index contributed by atoms with van der Waals surface area (Å²) in [6.45, 7) is 2.06. The third-order valence-corrected chi connectivity index (χ3v) is 6.03. The van der Waals surface area contributed by atoms with E-state index in [-0.39, 0.29) is 5.92 Å². The summed E-state index contributed by atoms with van der Waals surface area (Å²) < 4.78 is 5.62. The number of anilines is 1. The van der Waals surface area contributed by atoms with Crippen LogP contribution in [0.25, 0.3) is 11.5 Å². The number of pyridine rings is 2. The first-order valence-corrected chi connectivity index (χ1v) is 11.2. The molecule has 1 atom stereocenters. The second kappa shape index (κ2) is 9.61. The number of nitriles is 1. The third-order valence-electron chi connectivity index (χ3n) is 6.03. The van der Waals surface area contributed by atoms with Gasteiger partial charge in [0.05, 0.1) is 17.6 Å². The first-order valence-electron chi connectivity index (χ1n) is 11.2. The van der Waals surface area contributed by atoms with Crippen molar-refractivity contribution in [2.75, 3.05) is 18.0 Å². The highest BCUT2D eigenvalue weighted by molar-refractivity contribution is 5.56. The molecule has 7 nitrogen and oxygen atoms in total. The van der Waals surface area contributed by atoms with Gasteiger partial charge in [0, 0.05) is 37.2 Å². The number of aromatic nitrogens is 4. The molecule has 0 radical (unpaired) electrons. The Morgan fingerprint density at radius 1 is 1.03 bits per heavy atom. The van der Waals surface area contributed by atoms with E-state index < -0.39 is 0 Å². The van der Waals surface area contributed by atoms with Crippen molar-refractivity contribution >= 4 is 5.82 Å². The summed E-state index contributed by atoms with van der Waals surface area (Å²) in [5.74, 6) is 1.90. The summed E-state index contributed by atoms with van der Waals surface area (Å²) >= 11 is 0. The van der Waals surface area contributed by atoms with Crippen molar-refractivity contribution in [3.05, 3.63) is 89.6 Å². The number of benzene rings is 1. The lowest BCUT2D eigenvalue weighted by Crippen LogP contribution is -2.31. The lowest BCUT2D eigenvalue weighted by atomic mass is 9.92. The Morgan fingerprint density at radius 2 is 1.91 bits per heavy atom. The monoisotopic (exact) mass is 436 g/mol. The fraction of sp³-hybridized carbons (Fsp3) is 0.269.